The van der Waals surface area contributed by atoms with Gasteiger partial charge in [-0.15, -0.1) is 0 Å². The van der Waals surface area contributed by atoms with Gasteiger partial charge in [-0.1, -0.05) is 6.07 Å². The molecule has 3 aromatic rings. The van der Waals surface area contributed by atoms with E-state index in [1.165, 1.54) is 16.8 Å². The van der Waals surface area contributed by atoms with E-state index in [2.05, 4.69) is 63.1 Å². The fourth-order valence-electron chi connectivity index (χ4n) is 6.52. The fraction of sp³-hybridized carbons (Fsp3) is 0.452. The molecule has 2 aromatic carbocycles. The number of nitrogens with zero attached hydrogens (tertiary/aromatic N) is 6. The van der Waals surface area contributed by atoms with Crippen molar-refractivity contribution >= 4 is 28.2 Å². The summed E-state index contributed by atoms with van der Waals surface area (Å²) in [5.41, 5.74) is 6.43. The lowest BCUT2D eigenvalue weighted by Crippen LogP contribution is -2.59. The first-order valence-corrected chi connectivity index (χ1v) is 14.2. The van der Waals surface area contributed by atoms with Crippen molar-refractivity contribution < 1.29 is 4.79 Å². The van der Waals surface area contributed by atoms with Crippen molar-refractivity contribution in [3.05, 3.63) is 65.4 Å². The van der Waals surface area contributed by atoms with Crippen LogP contribution in [-0.4, -0.2) is 85.1 Å². The zero-order valence-electron chi connectivity index (χ0n) is 22.9. The highest BCUT2D eigenvalue weighted by Crippen LogP contribution is 2.31. The average Bonchev–Trinajstić information content (AvgIpc) is 2.98. The van der Waals surface area contributed by atoms with Gasteiger partial charge in [-0.2, -0.15) is 5.26 Å². The molecule has 1 N–H and O–H groups in total. The summed E-state index contributed by atoms with van der Waals surface area (Å²) in [6.07, 6.45) is 2.66. The summed E-state index contributed by atoms with van der Waals surface area (Å²) in [4.78, 5) is 27.2. The molecule has 2 saturated heterocycles. The van der Waals surface area contributed by atoms with Crippen molar-refractivity contribution in [3.63, 3.8) is 0 Å². The van der Waals surface area contributed by atoms with Crippen LogP contribution in [0.5, 0.6) is 0 Å². The highest BCUT2D eigenvalue weighted by Gasteiger charge is 2.33. The molecular formula is C31H37N7O. The third-order valence-corrected chi connectivity index (χ3v) is 8.66. The summed E-state index contributed by atoms with van der Waals surface area (Å²) < 4.78 is 0. The number of rotatable bonds is 4. The van der Waals surface area contributed by atoms with Gasteiger partial charge in [0, 0.05) is 87.4 Å². The molecule has 39 heavy (non-hydrogen) atoms. The molecule has 1 amide bonds. The number of aromatic nitrogens is 1. The number of hydrogen-bond donors (Lipinski definition) is 1. The van der Waals surface area contributed by atoms with E-state index in [9.17, 15) is 10.1 Å². The van der Waals surface area contributed by atoms with E-state index in [4.69, 9.17) is 0 Å². The van der Waals surface area contributed by atoms with Crippen LogP contribution in [0.25, 0.3) is 10.9 Å². The Morgan fingerprint density at radius 2 is 1.82 bits per heavy atom. The zero-order chi connectivity index (χ0) is 26.9. The Labute approximate surface area is 230 Å². The number of hydrogen-bond acceptors (Lipinski definition) is 7. The number of carbonyl (C=O) groups is 1. The van der Waals surface area contributed by atoms with Crippen LogP contribution < -0.4 is 15.1 Å². The number of anilines is 2. The minimum atomic E-state index is 0.215. The third kappa shape index (κ3) is 5.05. The predicted molar refractivity (Wildman–Crippen MR) is 155 cm³/mol. The van der Waals surface area contributed by atoms with Crippen molar-refractivity contribution in [2.75, 3.05) is 62.2 Å². The first kappa shape index (κ1) is 25.6. The van der Waals surface area contributed by atoms with Crippen molar-refractivity contribution in [1.29, 1.82) is 5.26 Å². The van der Waals surface area contributed by atoms with Crippen LogP contribution in [0.2, 0.25) is 0 Å². The fourth-order valence-corrected chi connectivity index (χ4v) is 6.52. The Morgan fingerprint density at radius 3 is 2.59 bits per heavy atom. The molecule has 8 nitrogen and oxygen atoms in total. The molecule has 0 spiro atoms. The SMILES string of the molecule is CC1CN(c2ccc(C#N)c3ncccc23)CC(C)N1CC(=O)N1CCc2cc(N3CCNCC3)ccc2C1. The number of nitrogens with one attached hydrogen (secondary N) is 1. The second-order valence-corrected chi connectivity index (χ2v) is 11.2. The number of benzene rings is 2. The first-order chi connectivity index (χ1) is 19.0. The minimum absolute atomic E-state index is 0.215. The van der Waals surface area contributed by atoms with Crippen LogP contribution in [-0.2, 0) is 17.8 Å². The molecule has 2 unspecified atom stereocenters. The molecule has 3 aliphatic rings. The van der Waals surface area contributed by atoms with Crippen molar-refractivity contribution in [2.45, 2.75) is 38.9 Å². The molecule has 0 aliphatic carbocycles. The standard InChI is InChI=1S/C31H37N7O/c1-22-18-37(29-8-6-25(17-32)31-28(29)4-3-10-34-31)19-23(2)38(22)21-30(39)36-13-9-24-16-27(7-5-26(24)20-36)35-14-11-33-12-15-35/h3-8,10,16,22-23,33H,9,11-15,18-21H2,1-2H3. The lowest BCUT2D eigenvalue weighted by molar-refractivity contribution is -0.134. The van der Waals surface area contributed by atoms with Crippen LogP contribution in [0.4, 0.5) is 11.4 Å². The summed E-state index contributed by atoms with van der Waals surface area (Å²) in [6.45, 7) is 12.2. The van der Waals surface area contributed by atoms with Gasteiger partial charge in [0.2, 0.25) is 5.91 Å². The molecule has 3 aliphatic heterocycles. The summed E-state index contributed by atoms with van der Waals surface area (Å²) >= 11 is 0. The van der Waals surface area contributed by atoms with Gasteiger partial charge in [0.15, 0.2) is 0 Å². The highest BCUT2D eigenvalue weighted by atomic mass is 16.2. The van der Waals surface area contributed by atoms with Crippen LogP contribution in [0, 0.1) is 11.3 Å². The van der Waals surface area contributed by atoms with E-state index >= 15 is 0 Å². The Kier molecular flexibility index (Phi) is 7.11. The van der Waals surface area contributed by atoms with Crippen LogP contribution >= 0.6 is 0 Å². The molecule has 0 bridgehead atoms. The minimum Gasteiger partial charge on any atom is -0.369 e. The Balaban J connectivity index is 1.11. The number of pyridine rings is 1. The molecule has 1 aromatic heterocycles. The number of piperazine rings is 2. The summed E-state index contributed by atoms with van der Waals surface area (Å²) in [5.74, 6) is 0.215. The predicted octanol–water partition coefficient (Wildman–Crippen LogP) is 3.00. The van der Waals surface area contributed by atoms with Crippen LogP contribution in [0.3, 0.4) is 0 Å². The van der Waals surface area contributed by atoms with E-state index in [1.54, 1.807) is 6.20 Å². The number of nitriles is 1. The van der Waals surface area contributed by atoms with Crippen molar-refractivity contribution in [3.8, 4) is 6.07 Å². The quantitative estimate of drug-likeness (QED) is 0.563. The molecule has 202 valence electrons. The maximum atomic E-state index is 13.5. The average molecular weight is 524 g/mol. The Bertz CT molecular complexity index is 1400. The monoisotopic (exact) mass is 523 g/mol. The van der Waals surface area contributed by atoms with Gasteiger partial charge in [0.05, 0.1) is 17.6 Å². The highest BCUT2D eigenvalue weighted by molar-refractivity contribution is 5.95. The molecule has 0 saturated carbocycles. The molecule has 8 heteroatoms. The number of fused-ring (bicyclic) bond motifs is 2. The van der Waals surface area contributed by atoms with E-state index in [1.807, 2.05) is 29.2 Å². The van der Waals surface area contributed by atoms with Gasteiger partial charge in [0.1, 0.15) is 6.07 Å². The van der Waals surface area contributed by atoms with Gasteiger partial charge in [0.25, 0.3) is 0 Å². The van der Waals surface area contributed by atoms with Crippen LogP contribution in [0.15, 0.2) is 48.7 Å². The van der Waals surface area contributed by atoms with Gasteiger partial charge >= 0.3 is 0 Å². The largest absolute Gasteiger partial charge is 0.369 e. The topological polar surface area (TPSA) is 78.7 Å². The van der Waals surface area contributed by atoms with E-state index in [0.717, 1.165) is 68.8 Å². The smallest absolute Gasteiger partial charge is 0.237 e. The molecule has 0 radical (unpaired) electrons. The van der Waals surface area contributed by atoms with Gasteiger partial charge < -0.3 is 20.0 Å². The van der Waals surface area contributed by atoms with Crippen LogP contribution in [0.1, 0.15) is 30.5 Å². The molecule has 2 fully saturated rings. The maximum absolute atomic E-state index is 13.5. The zero-order valence-corrected chi connectivity index (χ0v) is 22.9. The summed E-state index contributed by atoms with van der Waals surface area (Å²) in [5, 5.41) is 13.9. The molecule has 2 atom stereocenters. The Hall–Kier alpha value is -3.67. The second kappa shape index (κ2) is 10.8. The lowest BCUT2D eigenvalue weighted by Gasteiger charge is -2.46. The van der Waals surface area contributed by atoms with E-state index in [0.29, 0.717) is 18.7 Å². The van der Waals surface area contributed by atoms with Crippen molar-refractivity contribution in [1.82, 2.24) is 20.1 Å². The summed E-state index contributed by atoms with van der Waals surface area (Å²) in [7, 11) is 0. The van der Waals surface area contributed by atoms with E-state index in [-0.39, 0.29) is 18.0 Å². The molecular weight excluding hydrogens is 486 g/mol. The molecule has 4 heterocycles. The third-order valence-electron chi connectivity index (χ3n) is 8.66. The number of amides is 1. The maximum Gasteiger partial charge on any atom is 0.237 e. The normalized spacial score (nSPS) is 22.0. The Morgan fingerprint density at radius 1 is 1.03 bits per heavy atom. The van der Waals surface area contributed by atoms with Gasteiger partial charge in [-0.25, -0.2) is 0 Å². The second-order valence-electron chi connectivity index (χ2n) is 11.2. The van der Waals surface area contributed by atoms with E-state index < -0.39 is 0 Å². The van der Waals surface area contributed by atoms with Gasteiger partial charge in [-0.3, -0.25) is 14.7 Å². The van der Waals surface area contributed by atoms with Crippen molar-refractivity contribution in [2.24, 2.45) is 0 Å². The number of carbonyl (C=O) groups excluding carboxylic acids is 1. The first-order valence-electron chi connectivity index (χ1n) is 14.2. The lowest BCUT2D eigenvalue weighted by atomic mass is 9.98. The van der Waals surface area contributed by atoms with Gasteiger partial charge in [-0.05, 0) is 67.8 Å². The summed E-state index contributed by atoms with van der Waals surface area (Å²) in [6, 6.07) is 17.4. The molecule has 6 rings (SSSR count).